The minimum Gasteiger partial charge on any atom is -0.459 e. The molecule has 0 radical (unpaired) electrons. The van der Waals surface area contributed by atoms with E-state index in [1.807, 2.05) is 39.0 Å². The van der Waals surface area contributed by atoms with Gasteiger partial charge in [-0.3, -0.25) is 4.79 Å². The molecular weight excluding hydrogens is 362 g/mol. The van der Waals surface area contributed by atoms with Gasteiger partial charge in [-0.15, -0.1) is 0 Å². The quantitative estimate of drug-likeness (QED) is 0.819. The molecule has 0 bridgehead atoms. The fourth-order valence-electron chi connectivity index (χ4n) is 1.44. The van der Waals surface area contributed by atoms with E-state index in [1.165, 1.54) is 0 Å². The third-order valence-corrected chi connectivity index (χ3v) is 3.00. The average Bonchev–Trinajstić information content (AvgIpc) is 2.12. The molecule has 0 spiro atoms. The first-order valence-electron chi connectivity index (χ1n) is 5.61. The number of hydrogen-bond acceptors (Lipinski definition) is 3. The van der Waals surface area contributed by atoms with Crippen molar-refractivity contribution < 1.29 is 9.53 Å². The SMILES string of the molecule is CC(C)(C)OC(=O)C(N)Cc1cc(Br)cc(Br)c1. The average molecular weight is 379 g/mol. The molecule has 1 atom stereocenters. The van der Waals surface area contributed by atoms with Gasteiger partial charge in [0.1, 0.15) is 11.6 Å². The third-order valence-electron chi connectivity index (χ3n) is 2.09. The lowest BCUT2D eigenvalue weighted by molar-refractivity contribution is -0.156. The number of hydrogen-bond donors (Lipinski definition) is 1. The Kier molecular flexibility index (Phi) is 5.37. The number of nitrogens with two attached hydrogens (primary N) is 1. The van der Waals surface area contributed by atoms with Crippen molar-refractivity contribution >= 4 is 37.8 Å². The zero-order valence-electron chi connectivity index (χ0n) is 10.7. The maximum absolute atomic E-state index is 11.8. The molecule has 2 N–H and O–H groups in total. The van der Waals surface area contributed by atoms with Crippen molar-refractivity contribution in [3.05, 3.63) is 32.7 Å². The van der Waals surface area contributed by atoms with Crippen molar-refractivity contribution in [1.29, 1.82) is 0 Å². The van der Waals surface area contributed by atoms with E-state index < -0.39 is 11.6 Å². The largest absolute Gasteiger partial charge is 0.459 e. The molecule has 1 rings (SSSR count). The molecule has 1 unspecified atom stereocenters. The van der Waals surface area contributed by atoms with Gasteiger partial charge in [-0.2, -0.15) is 0 Å². The normalized spacial score (nSPS) is 13.2. The second-order valence-corrected chi connectivity index (χ2v) is 6.95. The zero-order valence-corrected chi connectivity index (χ0v) is 13.8. The number of benzene rings is 1. The predicted octanol–water partition coefficient (Wildman–Crippen LogP) is 3.42. The number of ether oxygens (including phenoxy) is 1. The summed E-state index contributed by atoms with van der Waals surface area (Å²) in [7, 11) is 0. The first kappa shape index (κ1) is 15.7. The lowest BCUT2D eigenvalue weighted by Crippen LogP contribution is -2.38. The summed E-state index contributed by atoms with van der Waals surface area (Å²) in [6.07, 6.45) is 0.451. The highest BCUT2D eigenvalue weighted by Gasteiger charge is 2.22. The van der Waals surface area contributed by atoms with E-state index in [1.54, 1.807) is 0 Å². The second-order valence-electron chi connectivity index (χ2n) is 5.12. The van der Waals surface area contributed by atoms with Crippen molar-refractivity contribution in [2.45, 2.75) is 38.8 Å². The Hall–Kier alpha value is -0.390. The van der Waals surface area contributed by atoms with E-state index in [0.29, 0.717) is 6.42 Å². The van der Waals surface area contributed by atoms with Crippen molar-refractivity contribution in [3.8, 4) is 0 Å². The summed E-state index contributed by atoms with van der Waals surface area (Å²) in [5, 5.41) is 0. The van der Waals surface area contributed by atoms with E-state index in [2.05, 4.69) is 31.9 Å². The molecule has 0 aliphatic rings. The lowest BCUT2D eigenvalue weighted by atomic mass is 10.1. The topological polar surface area (TPSA) is 52.3 Å². The van der Waals surface area contributed by atoms with Crippen LogP contribution in [0.1, 0.15) is 26.3 Å². The van der Waals surface area contributed by atoms with E-state index in [-0.39, 0.29) is 5.97 Å². The van der Waals surface area contributed by atoms with Gasteiger partial charge < -0.3 is 10.5 Å². The van der Waals surface area contributed by atoms with Crippen LogP contribution in [0.3, 0.4) is 0 Å². The van der Waals surface area contributed by atoms with Crippen LogP contribution >= 0.6 is 31.9 Å². The molecule has 0 saturated heterocycles. The summed E-state index contributed by atoms with van der Waals surface area (Å²) in [5.74, 6) is -0.376. The molecule has 0 aliphatic heterocycles. The van der Waals surface area contributed by atoms with E-state index >= 15 is 0 Å². The van der Waals surface area contributed by atoms with Crippen LogP contribution in [0.5, 0.6) is 0 Å². The monoisotopic (exact) mass is 377 g/mol. The zero-order chi connectivity index (χ0) is 13.9. The summed E-state index contributed by atoms with van der Waals surface area (Å²) >= 11 is 6.80. The van der Waals surface area contributed by atoms with E-state index in [9.17, 15) is 4.79 Å². The van der Waals surface area contributed by atoms with E-state index in [0.717, 1.165) is 14.5 Å². The second kappa shape index (κ2) is 6.17. The highest BCUT2D eigenvalue weighted by Crippen LogP contribution is 2.21. The molecule has 3 nitrogen and oxygen atoms in total. The van der Waals surface area contributed by atoms with Crippen LogP contribution in [0.2, 0.25) is 0 Å². The molecular formula is C13H17Br2NO2. The van der Waals surface area contributed by atoms with Crippen molar-refractivity contribution in [2.24, 2.45) is 5.73 Å². The number of carbonyl (C=O) groups excluding carboxylic acids is 1. The van der Waals surface area contributed by atoms with Crippen LogP contribution in [-0.2, 0) is 16.0 Å². The van der Waals surface area contributed by atoms with Gasteiger partial charge in [-0.1, -0.05) is 31.9 Å². The van der Waals surface area contributed by atoms with Gasteiger partial charge in [0, 0.05) is 8.95 Å². The standard InChI is InChI=1S/C13H17Br2NO2/c1-13(2,3)18-12(17)11(16)6-8-4-9(14)7-10(15)5-8/h4-5,7,11H,6,16H2,1-3H3. The number of rotatable bonds is 3. The summed E-state index contributed by atoms with van der Waals surface area (Å²) in [6, 6.07) is 5.16. The van der Waals surface area contributed by atoms with Gasteiger partial charge in [0.2, 0.25) is 0 Å². The molecule has 0 fully saturated rings. The first-order valence-corrected chi connectivity index (χ1v) is 7.19. The molecule has 0 aliphatic carbocycles. The Morgan fingerprint density at radius 3 is 2.22 bits per heavy atom. The molecule has 1 aromatic carbocycles. The summed E-state index contributed by atoms with van der Waals surface area (Å²) in [6.45, 7) is 5.48. The van der Waals surface area contributed by atoms with Gasteiger partial charge in [0.15, 0.2) is 0 Å². The first-order chi connectivity index (χ1) is 8.17. The fourth-order valence-corrected chi connectivity index (χ4v) is 2.83. The summed E-state index contributed by atoms with van der Waals surface area (Å²) < 4.78 is 7.14. The Labute approximate surface area is 124 Å². The van der Waals surface area contributed by atoms with Gasteiger partial charge >= 0.3 is 5.97 Å². The number of esters is 1. The Morgan fingerprint density at radius 1 is 1.28 bits per heavy atom. The van der Waals surface area contributed by atoms with Crippen molar-refractivity contribution in [3.63, 3.8) is 0 Å². The lowest BCUT2D eigenvalue weighted by Gasteiger charge is -2.22. The summed E-state index contributed by atoms with van der Waals surface area (Å²) in [5.41, 5.74) is 6.33. The third kappa shape index (κ3) is 5.50. The number of halogens is 2. The molecule has 5 heteroatoms. The molecule has 18 heavy (non-hydrogen) atoms. The van der Waals surface area contributed by atoms with Gasteiger partial charge in [0.25, 0.3) is 0 Å². The van der Waals surface area contributed by atoms with Gasteiger partial charge in [-0.05, 0) is 51.0 Å². The smallest absolute Gasteiger partial charge is 0.323 e. The minimum atomic E-state index is -0.648. The van der Waals surface area contributed by atoms with Crippen LogP contribution in [0.4, 0.5) is 0 Å². The Bertz CT molecular complexity index is 421. The van der Waals surface area contributed by atoms with Gasteiger partial charge in [-0.25, -0.2) is 0 Å². The van der Waals surface area contributed by atoms with Crippen LogP contribution < -0.4 is 5.73 Å². The highest BCUT2D eigenvalue weighted by atomic mass is 79.9. The molecule has 0 aromatic heterocycles. The molecule has 1 aromatic rings. The van der Waals surface area contributed by atoms with Crippen molar-refractivity contribution in [2.75, 3.05) is 0 Å². The Balaban J connectivity index is 2.69. The summed E-state index contributed by atoms with van der Waals surface area (Å²) in [4.78, 5) is 11.8. The van der Waals surface area contributed by atoms with Crippen LogP contribution in [-0.4, -0.2) is 17.6 Å². The molecule has 0 saturated carbocycles. The van der Waals surface area contributed by atoms with Gasteiger partial charge in [0.05, 0.1) is 0 Å². The molecule has 100 valence electrons. The van der Waals surface area contributed by atoms with Crippen LogP contribution in [0.15, 0.2) is 27.1 Å². The maximum Gasteiger partial charge on any atom is 0.323 e. The van der Waals surface area contributed by atoms with Crippen molar-refractivity contribution in [1.82, 2.24) is 0 Å². The molecule has 0 amide bonds. The predicted molar refractivity (Wildman–Crippen MR) is 79.4 cm³/mol. The van der Waals surface area contributed by atoms with E-state index in [4.69, 9.17) is 10.5 Å². The molecule has 0 heterocycles. The van der Waals surface area contributed by atoms with Crippen LogP contribution in [0.25, 0.3) is 0 Å². The highest BCUT2D eigenvalue weighted by molar-refractivity contribution is 9.11. The fraction of sp³-hybridized carbons (Fsp3) is 0.462. The Morgan fingerprint density at radius 2 is 1.78 bits per heavy atom. The maximum atomic E-state index is 11.8. The minimum absolute atomic E-state index is 0.376. The number of carbonyl (C=O) groups is 1. The van der Waals surface area contributed by atoms with Crippen LogP contribution in [0, 0.1) is 0 Å².